The first-order valence-corrected chi connectivity index (χ1v) is 5.81. The summed E-state index contributed by atoms with van der Waals surface area (Å²) in [6.45, 7) is 4.65. The van der Waals surface area contributed by atoms with E-state index < -0.39 is 0 Å². The summed E-state index contributed by atoms with van der Waals surface area (Å²) in [6, 6.07) is 3.51. The second-order valence-electron chi connectivity index (χ2n) is 3.62. The van der Waals surface area contributed by atoms with Crippen molar-refractivity contribution in [1.29, 1.82) is 0 Å². The molecule has 0 fully saturated rings. The standard InChI is InChI=1S/C12H19N3O2/c1-3-9(8-13)11(16)15-10-6-5-7-14-12(10)17-4-2/h5-7,9H,3-4,8,13H2,1-2H3,(H,15,16). The summed E-state index contributed by atoms with van der Waals surface area (Å²) in [7, 11) is 0. The van der Waals surface area contributed by atoms with E-state index in [0.29, 0.717) is 31.1 Å². The molecule has 1 atom stereocenters. The van der Waals surface area contributed by atoms with E-state index in [4.69, 9.17) is 10.5 Å². The van der Waals surface area contributed by atoms with Crippen LogP contribution in [0.25, 0.3) is 0 Å². The number of amides is 1. The van der Waals surface area contributed by atoms with Crippen molar-refractivity contribution in [1.82, 2.24) is 4.98 Å². The molecule has 1 aromatic heterocycles. The number of hydrogen-bond acceptors (Lipinski definition) is 4. The lowest BCUT2D eigenvalue weighted by molar-refractivity contribution is -0.119. The fourth-order valence-electron chi connectivity index (χ4n) is 1.43. The van der Waals surface area contributed by atoms with Crippen molar-refractivity contribution in [3.8, 4) is 5.88 Å². The number of nitrogens with one attached hydrogen (secondary N) is 1. The number of rotatable bonds is 6. The summed E-state index contributed by atoms with van der Waals surface area (Å²) in [5.74, 6) is 0.170. The zero-order valence-electron chi connectivity index (χ0n) is 10.3. The quantitative estimate of drug-likeness (QED) is 0.784. The van der Waals surface area contributed by atoms with Gasteiger partial charge in [0.2, 0.25) is 11.8 Å². The Kier molecular flexibility index (Phi) is 5.42. The second kappa shape index (κ2) is 6.85. The van der Waals surface area contributed by atoms with Gasteiger partial charge in [-0.05, 0) is 25.5 Å². The molecule has 0 radical (unpaired) electrons. The summed E-state index contributed by atoms with van der Waals surface area (Å²) in [4.78, 5) is 15.9. The molecule has 1 amide bonds. The van der Waals surface area contributed by atoms with Crippen LogP contribution in [0.4, 0.5) is 5.69 Å². The van der Waals surface area contributed by atoms with E-state index in [9.17, 15) is 4.79 Å². The highest BCUT2D eigenvalue weighted by atomic mass is 16.5. The number of carbonyl (C=O) groups excluding carboxylic acids is 1. The van der Waals surface area contributed by atoms with Crippen molar-refractivity contribution < 1.29 is 9.53 Å². The van der Waals surface area contributed by atoms with Gasteiger partial charge in [0, 0.05) is 12.7 Å². The SMILES string of the molecule is CCOc1ncccc1NC(=O)C(CC)CN. The molecule has 5 nitrogen and oxygen atoms in total. The highest BCUT2D eigenvalue weighted by Gasteiger charge is 2.16. The van der Waals surface area contributed by atoms with Crippen LogP contribution in [0.5, 0.6) is 5.88 Å². The van der Waals surface area contributed by atoms with Crippen molar-refractivity contribution in [2.75, 3.05) is 18.5 Å². The van der Waals surface area contributed by atoms with Crippen LogP contribution in [0, 0.1) is 5.92 Å². The fourth-order valence-corrected chi connectivity index (χ4v) is 1.43. The molecule has 1 rings (SSSR count). The van der Waals surface area contributed by atoms with Gasteiger partial charge in [0.15, 0.2) is 0 Å². The summed E-state index contributed by atoms with van der Waals surface area (Å²) in [5, 5.41) is 2.79. The molecule has 1 aromatic rings. The van der Waals surface area contributed by atoms with E-state index in [1.165, 1.54) is 0 Å². The zero-order chi connectivity index (χ0) is 12.7. The van der Waals surface area contributed by atoms with Crippen LogP contribution >= 0.6 is 0 Å². The number of pyridine rings is 1. The molecule has 0 aromatic carbocycles. The zero-order valence-corrected chi connectivity index (χ0v) is 10.3. The molecule has 0 saturated carbocycles. The van der Waals surface area contributed by atoms with Crippen molar-refractivity contribution in [2.45, 2.75) is 20.3 Å². The topological polar surface area (TPSA) is 77.2 Å². The van der Waals surface area contributed by atoms with Crippen LogP contribution < -0.4 is 15.8 Å². The lowest BCUT2D eigenvalue weighted by Gasteiger charge is -2.14. The van der Waals surface area contributed by atoms with Gasteiger partial charge >= 0.3 is 0 Å². The Morgan fingerprint density at radius 3 is 2.94 bits per heavy atom. The van der Waals surface area contributed by atoms with Crippen molar-refractivity contribution in [3.63, 3.8) is 0 Å². The highest BCUT2D eigenvalue weighted by Crippen LogP contribution is 2.21. The molecular formula is C12H19N3O2. The fraction of sp³-hybridized carbons (Fsp3) is 0.500. The number of ether oxygens (including phenoxy) is 1. The maximum Gasteiger partial charge on any atom is 0.237 e. The smallest absolute Gasteiger partial charge is 0.237 e. The molecule has 3 N–H and O–H groups in total. The average Bonchev–Trinajstić information content (AvgIpc) is 2.33. The normalized spacial score (nSPS) is 11.9. The third-order valence-electron chi connectivity index (χ3n) is 2.46. The molecule has 17 heavy (non-hydrogen) atoms. The number of nitrogens with two attached hydrogens (primary N) is 1. The summed E-state index contributed by atoms with van der Waals surface area (Å²) in [5.41, 5.74) is 6.12. The lowest BCUT2D eigenvalue weighted by atomic mass is 10.1. The minimum atomic E-state index is -0.176. The molecular weight excluding hydrogens is 218 g/mol. The van der Waals surface area contributed by atoms with E-state index in [1.54, 1.807) is 18.3 Å². The molecule has 0 saturated heterocycles. The first kappa shape index (κ1) is 13.4. The Morgan fingerprint density at radius 1 is 1.59 bits per heavy atom. The van der Waals surface area contributed by atoms with Crippen LogP contribution in [0.15, 0.2) is 18.3 Å². The first-order chi connectivity index (χ1) is 8.22. The first-order valence-electron chi connectivity index (χ1n) is 5.81. The lowest BCUT2D eigenvalue weighted by Crippen LogP contribution is -2.28. The highest BCUT2D eigenvalue weighted by molar-refractivity contribution is 5.93. The van der Waals surface area contributed by atoms with Gasteiger partial charge in [-0.1, -0.05) is 6.92 Å². The molecule has 1 heterocycles. The molecule has 1 unspecified atom stereocenters. The molecule has 94 valence electrons. The predicted octanol–water partition coefficient (Wildman–Crippen LogP) is 1.40. The maximum atomic E-state index is 11.9. The van der Waals surface area contributed by atoms with Gasteiger partial charge in [0.1, 0.15) is 5.69 Å². The van der Waals surface area contributed by atoms with Gasteiger partial charge in [-0.3, -0.25) is 4.79 Å². The summed E-state index contributed by atoms with van der Waals surface area (Å²) < 4.78 is 5.33. The van der Waals surface area contributed by atoms with E-state index >= 15 is 0 Å². The van der Waals surface area contributed by atoms with E-state index in [2.05, 4.69) is 10.3 Å². The average molecular weight is 237 g/mol. The number of nitrogens with zero attached hydrogens (tertiary/aromatic N) is 1. The van der Waals surface area contributed by atoms with Gasteiger partial charge in [0.25, 0.3) is 0 Å². The van der Waals surface area contributed by atoms with Gasteiger partial charge < -0.3 is 15.8 Å². The minimum absolute atomic E-state index is 0.0936. The molecule has 0 spiro atoms. The Labute approximate surface area is 101 Å². The maximum absolute atomic E-state index is 11.9. The number of aromatic nitrogens is 1. The van der Waals surface area contributed by atoms with Crippen molar-refractivity contribution in [3.05, 3.63) is 18.3 Å². The third-order valence-corrected chi connectivity index (χ3v) is 2.46. The molecule has 0 aliphatic rings. The van der Waals surface area contributed by atoms with E-state index in [1.807, 2.05) is 13.8 Å². The van der Waals surface area contributed by atoms with E-state index in [0.717, 1.165) is 0 Å². The van der Waals surface area contributed by atoms with Crippen molar-refractivity contribution >= 4 is 11.6 Å². The van der Waals surface area contributed by atoms with Crippen LogP contribution in [-0.2, 0) is 4.79 Å². The molecule has 5 heteroatoms. The van der Waals surface area contributed by atoms with Crippen LogP contribution in [0.1, 0.15) is 20.3 Å². The van der Waals surface area contributed by atoms with Crippen molar-refractivity contribution in [2.24, 2.45) is 11.7 Å². The van der Waals surface area contributed by atoms with Gasteiger partial charge in [-0.25, -0.2) is 4.98 Å². The van der Waals surface area contributed by atoms with Crippen LogP contribution in [0.2, 0.25) is 0 Å². The second-order valence-corrected chi connectivity index (χ2v) is 3.62. The number of carbonyl (C=O) groups is 1. The third kappa shape index (κ3) is 3.71. The molecule has 0 aliphatic carbocycles. The monoisotopic (exact) mass is 237 g/mol. The predicted molar refractivity (Wildman–Crippen MR) is 66.9 cm³/mol. The van der Waals surface area contributed by atoms with Gasteiger partial charge in [-0.2, -0.15) is 0 Å². The Bertz CT molecular complexity index is 365. The number of hydrogen-bond donors (Lipinski definition) is 2. The number of anilines is 1. The largest absolute Gasteiger partial charge is 0.476 e. The summed E-state index contributed by atoms with van der Waals surface area (Å²) >= 11 is 0. The summed E-state index contributed by atoms with van der Waals surface area (Å²) in [6.07, 6.45) is 2.34. The minimum Gasteiger partial charge on any atom is -0.476 e. The molecule has 0 bridgehead atoms. The van der Waals surface area contributed by atoms with E-state index in [-0.39, 0.29) is 11.8 Å². The van der Waals surface area contributed by atoms with Gasteiger partial charge in [0.05, 0.1) is 12.5 Å². The van der Waals surface area contributed by atoms with Crippen LogP contribution in [-0.4, -0.2) is 24.0 Å². The molecule has 0 aliphatic heterocycles. The van der Waals surface area contributed by atoms with Crippen LogP contribution in [0.3, 0.4) is 0 Å². The Balaban J connectivity index is 2.76. The van der Waals surface area contributed by atoms with Gasteiger partial charge in [-0.15, -0.1) is 0 Å². The Morgan fingerprint density at radius 2 is 2.35 bits per heavy atom. The Hall–Kier alpha value is -1.62.